The average Bonchev–Trinajstić information content (AvgIpc) is 2.95. The molecule has 0 amide bonds. The molecule has 0 atom stereocenters. The molecule has 2 aliphatic rings. The van der Waals surface area contributed by atoms with Crippen LogP contribution in [0, 0.1) is 20.2 Å². The van der Waals surface area contributed by atoms with E-state index in [-0.39, 0.29) is 11.6 Å². The Labute approximate surface area is 226 Å². The van der Waals surface area contributed by atoms with Crippen LogP contribution in [0.4, 0.5) is 28.8 Å². The van der Waals surface area contributed by atoms with Gasteiger partial charge in [-0.25, -0.2) is 4.98 Å². The van der Waals surface area contributed by atoms with Crippen LogP contribution in [0.25, 0.3) is 0 Å². The number of anilines is 3. The minimum atomic E-state index is -0.535. The summed E-state index contributed by atoms with van der Waals surface area (Å²) < 4.78 is 11.2. The molecule has 3 aromatic heterocycles. The molecule has 2 aliphatic heterocycles. The molecular weight excluding hydrogens is 564 g/mol. The van der Waals surface area contributed by atoms with Crippen molar-refractivity contribution < 1.29 is 19.3 Å². The number of rotatable bonds is 4. The molecule has 2 fully saturated rings. The third kappa shape index (κ3) is 9.17. The first kappa shape index (κ1) is 28.6. The summed E-state index contributed by atoms with van der Waals surface area (Å²) in [5, 5.41) is 20.4. The number of nitrogens with two attached hydrogens (primary N) is 1. The summed E-state index contributed by atoms with van der Waals surface area (Å²) in [6.45, 7) is 6.46. The van der Waals surface area contributed by atoms with E-state index in [0.717, 1.165) is 55.2 Å². The Morgan fingerprint density at radius 1 is 0.711 bits per heavy atom. The first-order valence-corrected chi connectivity index (χ1v) is 12.4. The van der Waals surface area contributed by atoms with Crippen LogP contribution >= 0.6 is 15.9 Å². The molecule has 3 aromatic rings. The van der Waals surface area contributed by atoms with Gasteiger partial charge in [0.2, 0.25) is 0 Å². The van der Waals surface area contributed by atoms with Crippen LogP contribution in [-0.2, 0) is 9.47 Å². The van der Waals surface area contributed by atoms with Crippen molar-refractivity contribution in [1.82, 2.24) is 15.0 Å². The fraction of sp³-hybridized carbons (Fsp3) is 0.348. The summed E-state index contributed by atoms with van der Waals surface area (Å²) >= 11 is 3.11. The first-order valence-electron chi connectivity index (χ1n) is 11.6. The molecule has 5 rings (SSSR count). The van der Waals surface area contributed by atoms with Gasteiger partial charge in [-0.05, 0) is 60.0 Å². The van der Waals surface area contributed by atoms with Gasteiger partial charge in [0.1, 0.15) is 5.82 Å². The maximum absolute atomic E-state index is 10.4. The van der Waals surface area contributed by atoms with Crippen molar-refractivity contribution in [3.8, 4) is 0 Å². The van der Waals surface area contributed by atoms with Crippen LogP contribution in [-0.4, -0.2) is 77.4 Å². The van der Waals surface area contributed by atoms with E-state index in [1.54, 1.807) is 18.3 Å². The van der Waals surface area contributed by atoms with Crippen molar-refractivity contribution in [3.05, 3.63) is 79.7 Å². The highest BCUT2D eigenvalue weighted by atomic mass is 79.9. The van der Waals surface area contributed by atoms with Gasteiger partial charge < -0.3 is 45.2 Å². The topological polar surface area (TPSA) is 176 Å². The van der Waals surface area contributed by atoms with E-state index in [4.69, 9.17) is 15.2 Å². The Balaban J connectivity index is 0.000000161. The minimum Gasteiger partial charge on any atom is -0.384 e. The molecule has 15 heteroatoms. The van der Waals surface area contributed by atoms with Crippen LogP contribution in [0.5, 0.6) is 0 Å². The van der Waals surface area contributed by atoms with Crippen molar-refractivity contribution in [3.63, 3.8) is 0 Å². The molecule has 0 unspecified atom stereocenters. The summed E-state index contributed by atoms with van der Waals surface area (Å²) in [6.07, 6.45) is 4.72. The zero-order valence-corrected chi connectivity index (χ0v) is 22.0. The summed E-state index contributed by atoms with van der Waals surface area (Å²) in [7, 11) is 0. The van der Waals surface area contributed by atoms with Gasteiger partial charge in [-0.15, -0.1) is 0 Å². The van der Waals surface area contributed by atoms with Gasteiger partial charge >= 0.3 is 11.6 Å². The van der Waals surface area contributed by atoms with Gasteiger partial charge in [-0.1, -0.05) is 0 Å². The Morgan fingerprint density at radius 2 is 1.16 bits per heavy atom. The predicted octanol–water partition coefficient (Wildman–Crippen LogP) is 3.08. The lowest BCUT2D eigenvalue weighted by molar-refractivity contribution is -0.389. The van der Waals surface area contributed by atoms with E-state index in [9.17, 15) is 20.2 Å². The largest absolute Gasteiger partial charge is 0.384 e. The number of pyridine rings is 3. The van der Waals surface area contributed by atoms with E-state index in [1.165, 1.54) is 24.5 Å². The van der Waals surface area contributed by atoms with Crippen LogP contribution in [0.3, 0.4) is 0 Å². The van der Waals surface area contributed by atoms with Crippen LogP contribution in [0.2, 0.25) is 0 Å². The molecule has 0 saturated carbocycles. The number of hydrogen-bond acceptors (Lipinski definition) is 12. The van der Waals surface area contributed by atoms with Crippen molar-refractivity contribution in [2.24, 2.45) is 0 Å². The summed E-state index contributed by atoms with van der Waals surface area (Å²) in [5.74, 6) is 0.312. The zero-order chi connectivity index (χ0) is 27.3. The van der Waals surface area contributed by atoms with Crippen molar-refractivity contribution >= 4 is 44.8 Å². The number of morpholine rings is 2. The molecule has 0 bridgehead atoms. The lowest BCUT2D eigenvalue weighted by Crippen LogP contribution is -2.36. The molecule has 14 nitrogen and oxygen atoms in total. The van der Waals surface area contributed by atoms with Crippen molar-refractivity contribution in [2.75, 3.05) is 68.1 Å². The Morgan fingerprint density at radius 3 is 1.53 bits per heavy atom. The molecule has 0 radical (unpaired) electrons. The molecule has 2 N–H and O–H groups in total. The smallest absolute Gasteiger partial charge is 0.363 e. The second-order valence-corrected chi connectivity index (χ2v) is 8.78. The molecule has 5 heterocycles. The predicted molar refractivity (Wildman–Crippen MR) is 144 cm³/mol. The van der Waals surface area contributed by atoms with Crippen molar-refractivity contribution in [2.45, 2.75) is 0 Å². The fourth-order valence-electron chi connectivity index (χ4n) is 3.38. The number of nitro groups is 2. The maximum Gasteiger partial charge on any atom is 0.363 e. The van der Waals surface area contributed by atoms with E-state index in [2.05, 4.69) is 40.7 Å². The fourth-order valence-corrected chi connectivity index (χ4v) is 3.61. The lowest BCUT2D eigenvalue weighted by atomic mass is 10.3. The molecule has 2 saturated heterocycles. The number of nitrogen functional groups attached to an aromatic ring is 1. The molecule has 0 spiro atoms. The average molecular weight is 591 g/mol. The second-order valence-electron chi connectivity index (χ2n) is 7.86. The first-order chi connectivity index (χ1) is 18.3. The number of aromatic nitrogens is 3. The number of nitrogens with zero attached hydrogens (tertiary/aromatic N) is 7. The molecular formula is C23H27BrN8O6. The van der Waals surface area contributed by atoms with Crippen LogP contribution < -0.4 is 15.5 Å². The monoisotopic (exact) mass is 590 g/mol. The highest BCUT2D eigenvalue weighted by Crippen LogP contribution is 2.17. The number of halogens is 1. The molecule has 202 valence electrons. The third-order valence-corrected chi connectivity index (χ3v) is 5.81. The van der Waals surface area contributed by atoms with Gasteiger partial charge in [0, 0.05) is 38.3 Å². The Bertz CT molecular complexity index is 1160. The molecule has 0 aromatic carbocycles. The maximum atomic E-state index is 10.4. The van der Waals surface area contributed by atoms with Gasteiger partial charge in [0.25, 0.3) is 0 Å². The highest BCUT2D eigenvalue weighted by molar-refractivity contribution is 9.10. The van der Waals surface area contributed by atoms with Gasteiger partial charge in [0.05, 0.1) is 48.5 Å². The Hall–Kier alpha value is -3.95. The number of ether oxygens (including phenoxy) is 2. The Kier molecular flexibility index (Phi) is 11.1. The molecule has 0 aliphatic carbocycles. The van der Waals surface area contributed by atoms with E-state index in [1.807, 2.05) is 12.1 Å². The van der Waals surface area contributed by atoms with Gasteiger partial charge in [-0.3, -0.25) is 0 Å². The van der Waals surface area contributed by atoms with E-state index in [0.29, 0.717) is 19.0 Å². The molecule has 38 heavy (non-hydrogen) atoms. The zero-order valence-electron chi connectivity index (χ0n) is 20.4. The quantitative estimate of drug-likeness (QED) is 0.347. The minimum absolute atomic E-state index is 0.119. The summed E-state index contributed by atoms with van der Waals surface area (Å²) in [6, 6.07) is 9.87. The summed E-state index contributed by atoms with van der Waals surface area (Å²) in [4.78, 5) is 35.1. The normalized spacial score (nSPS) is 14.9. The summed E-state index contributed by atoms with van der Waals surface area (Å²) in [5.41, 5.74) is 7.53. The lowest BCUT2D eigenvalue weighted by Gasteiger charge is -2.28. The van der Waals surface area contributed by atoms with Gasteiger partial charge in [-0.2, -0.15) is 0 Å². The SMILES string of the molecule is Nc1ccc(N2CCOCC2)cn1.O=[N+]([O-])c1ccc(Br)cn1.O=[N+]([O-])c1ccc(N2CCOCC2)cn1. The van der Waals surface area contributed by atoms with Crippen LogP contribution in [0.1, 0.15) is 0 Å². The van der Waals surface area contributed by atoms with E-state index >= 15 is 0 Å². The van der Waals surface area contributed by atoms with Gasteiger partial charge in [0.15, 0.2) is 12.4 Å². The number of hydrogen-bond donors (Lipinski definition) is 1. The second kappa shape index (κ2) is 14.7. The van der Waals surface area contributed by atoms with Crippen LogP contribution in [0.15, 0.2) is 59.5 Å². The third-order valence-electron chi connectivity index (χ3n) is 5.34. The standard InChI is InChI=1S/C9H11N3O3.C9H13N3O.C5H3BrN2O2/c13-12(14)9-2-1-8(7-10-9)11-3-5-15-6-4-11;10-9-2-1-8(7-11-9)12-3-5-13-6-4-12;6-4-1-2-5(7-3-4)8(9)10/h1-2,7H,3-6H2;1-2,7H,3-6H2,(H2,10,11);1-3H. The van der Waals surface area contributed by atoms with Crippen molar-refractivity contribution in [1.29, 1.82) is 0 Å². The highest BCUT2D eigenvalue weighted by Gasteiger charge is 2.14. The van der Waals surface area contributed by atoms with E-state index < -0.39 is 9.85 Å².